The number of carbonyl (C=O) groups is 2. The van der Waals surface area contributed by atoms with Crippen LogP contribution in [0, 0.1) is 11.6 Å². The molecule has 0 aliphatic rings. The van der Waals surface area contributed by atoms with Gasteiger partial charge in [-0.25, -0.2) is 17.2 Å². The van der Waals surface area contributed by atoms with Gasteiger partial charge in [-0.3, -0.25) is 13.9 Å². The molecule has 3 aromatic carbocycles. The highest BCUT2D eigenvalue weighted by Gasteiger charge is 2.33. The number of rotatable bonds is 9. The molecule has 3 rings (SSSR count). The lowest BCUT2D eigenvalue weighted by molar-refractivity contribution is -0.140. The van der Waals surface area contributed by atoms with Gasteiger partial charge in [0, 0.05) is 12.1 Å². The van der Waals surface area contributed by atoms with Crippen LogP contribution in [0.2, 0.25) is 0 Å². The highest BCUT2D eigenvalue weighted by atomic mass is 32.2. The van der Waals surface area contributed by atoms with E-state index < -0.39 is 51.6 Å². The fourth-order valence-electron chi connectivity index (χ4n) is 3.70. The molecule has 10 heteroatoms. The maximum absolute atomic E-state index is 13.7. The lowest BCUT2D eigenvalue weighted by Gasteiger charge is -2.33. The van der Waals surface area contributed by atoms with Crippen molar-refractivity contribution < 1.29 is 26.8 Å². The number of halogens is 2. The standard InChI is InChI=1S/C28H31F2N3O4S/c1-20(27(35)31-28(2,3)4)32(18-21-10-12-22(29)13-11-21)26(34)19-33(24-16-14-23(30)15-17-24)38(36,37)25-8-6-5-7-9-25/h5-17,20H,18-19H2,1-4H3,(H,31,35)/t20-/m1/s1. The summed E-state index contributed by atoms with van der Waals surface area (Å²) in [4.78, 5) is 28.0. The number of hydrogen-bond donors (Lipinski definition) is 1. The van der Waals surface area contributed by atoms with E-state index in [1.807, 2.05) is 0 Å². The van der Waals surface area contributed by atoms with Crippen molar-refractivity contribution in [2.24, 2.45) is 0 Å². The number of sulfonamides is 1. The third-order valence-electron chi connectivity index (χ3n) is 5.66. The molecule has 7 nitrogen and oxygen atoms in total. The maximum atomic E-state index is 13.7. The molecule has 3 aromatic rings. The quantitative estimate of drug-likeness (QED) is 0.431. The van der Waals surface area contributed by atoms with E-state index in [1.165, 1.54) is 60.4 Å². The fourth-order valence-corrected chi connectivity index (χ4v) is 5.13. The van der Waals surface area contributed by atoms with Crippen molar-refractivity contribution in [2.75, 3.05) is 10.8 Å². The second-order valence-electron chi connectivity index (χ2n) is 9.86. The van der Waals surface area contributed by atoms with Gasteiger partial charge < -0.3 is 10.2 Å². The molecule has 0 heterocycles. The van der Waals surface area contributed by atoms with Gasteiger partial charge in [0.2, 0.25) is 11.8 Å². The van der Waals surface area contributed by atoms with Gasteiger partial charge in [0.1, 0.15) is 24.2 Å². The molecule has 0 aliphatic heterocycles. The van der Waals surface area contributed by atoms with Crippen LogP contribution in [0.4, 0.5) is 14.5 Å². The summed E-state index contributed by atoms with van der Waals surface area (Å²) >= 11 is 0. The van der Waals surface area contributed by atoms with Crippen LogP contribution in [0.25, 0.3) is 0 Å². The molecule has 0 spiro atoms. The molecule has 0 aliphatic carbocycles. The first-order chi connectivity index (χ1) is 17.8. The predicted octanol–water partition coefficient (Wildman–Crippen LogP) is 4.49. The van der Waals surface area contributed by atoms with Crippen LogP contribution >= 0.6 is 0 Å². The molecular formula is C28H31F2N3O4S. The molecular weight excluding hydrogens is 512 g/mol. The van der Waals surface area contributed by atoms with Gasteiger partial charge in [0.05, 0.1) is 10.6 Å². The second-order valence-corrected chi connectivity index (χ2v) is 11.7. The molecule has 2 amide bonds. The van der Waals surface area contributed by atoms with E-state index >= 15 is 0 Å². The van der Waals surface area contributed by atoms with E-state index in [1.54, 1.807) is 39.0 Å². The molecule has 0 saturated heterocycles. The van der Waals surface area contributed by atoms with Crippen LogP contribution in [-0.2, 0) is 26.2 Å². The van der Waals surface area contributed by atoms with Gasteiger partial charge in [-0.1, -0.05) is 30.3 Å². The Bertz CT molecular complexity index is 1360. The van der Waals surface area contributed by atoms with E-state index in [4.69, 9.17) is 0 Å². The summed E-state index contributed by atoms with van der Waals surface area (Å²) < 4.78 is 55.2. The van der Waals surface area contributed by atoms with E-state index in [9.17, 15) is 26.8 Å². The Morgan fingerprint density at radius 1 is 0.868 bits per heavy atom. The number of amides is 2. The summed E-state index contributed by atoms with van der Waals surface area (Å²) in [5.74, 6) is -2.13. The van der Waals surface area contributed by atoms with Crippen LogP contribution in [0.1, 0.15) is 33.3 Å². The average molecular weight is 544 g/mol. The Morgan fingerprint density at radius 3 is 1.92 bits per heavy atom. The Balaban J connectivity index is 2.01. The molecule has 38 heavy (non-hydrogen) atoms. The first-order valence-electron chi connectivity index (χ1n) is 12.0. The largest absolute Gasteiger partial charge is 0.350 e. The minimum Gasteiger partial charge on any atom is -0.350 e. The molecule has 0 fully saturated rings. The average Bonchev–Trinajstić information content (AvgIpc) is 2.86. The summed E-state index contributed by atoms with van der Waals surface area (Å²) in [6.45, 7) is 6.21. The zero-order valence-electron chi connectivity index (χ0n) is 21.7. The molecule has 0 aromatic heterocycles. The van der Waals surface area contributed by atoms with E-state index in [2.05, 4.69) is 5.32 Å². The lowest BCUT2D eigenvalue weighted by Crippen LogP contribution is -2.54. The highest BCUT2D eigenvalue weighted by molar-refractivity contribution is 7.92. The number of hydrogen-bond acceptors (Lipinski definition) is 4. The molecule has 1 atom stereocenters. The lowest BCUT2D eigenvalue weighted by atomic mass is 10.1. The number of benzene rings is 3. The van der Waals surface area contributed by atoms with Crippen molar-refractivity contribution in [1.29, 1.82) is 0 Å². The van der Waals surface area contributed by atoms with Crippen molar-refractivity contribution in [3.63, 3.8) is 0 Å². The van der Waals surface area contributed by atoms with E-state index in [0.717, 1.165) is 16.4 Å². The highest BCUT2D eigenvalue weighted by Crippen LogP contribution is 2.25. The fraction of sp³-hybridized carbons (Fsp3) is 0.286. The monoisotopic (exact) mass is 543 g/mol. The van der Waals surface area contributed by atoms with Gasteiger partial charge in [-0.15, -0.1) is 0 Å². The molecule has 0 radical (unpaired) electrons. The number of anilines is 1. The normalized spacial score (nSPS) is 12.5. The summed E-state index contributed by atoms with van der Waals surface area (Å²) in [6.07, 6.45) is 0. The maximum Gasteiger partial charge on any atom is 0.264 e. The van der Waals surface area contributed by atoms with Gasteiger partial charge in [0.15, 0.2) is 0 Å². The van der Waals surface area contributed by atoms with Crippen LogP contribution < -0.4 is 9.62 Å². The molecule has 0 unspecified atom stereocenters. The Labute approximate surface area is 222 Å². The summed E-state index contributed by atoms with van der Waals surface area (Å²) in [5.41, 5.74) is 0.0544. The smallest absolute Gasteiger partial charge is 0.264 e. The third-order valence-corrected chi connectivity index (χ3v) is 7.44. The Hall–Kier alpha value is -3.79. The SMILES string of the molecule is C[C@H](C(=O)NC(C)(C)C)N(Cc1ccc(F)cc1)C(=O)CN(c1ccc(F)cc1)S(=O)(=O)c1ccccc1. The number of carbonyl (C=O) groups excluding carboxylic acids is 2. The molecule has 0 bridgehead atoms. The van der Waals surface area contributed by atoms with Crippen molar-refractivity contribution in [3.8, 4) is 0 Å². The zero-order chi connectivity index (χ0) is 28.1. The van der Waals surface area contributed by atoms with E-state index in [0.29, 0.717) is 5.56 Å². The van der Waals surface area contributed by atoms with Gasteiger partial charge >= 0.3 is 0 Å². The first kappa shape index (κ1) is 28.8. The van der Waals surface area contributed by atoms with Crippen molar-refractivity contribution >= 4 is 27.5 Å². The predicted molar refractivity (Wildman–Crippen MR) is 142 cm³/mol. The van der Waals surface area contributed by atoms with E-state index in [-0.39, 0.29) is 17.1 Å². The second kappa shape index (κ2) is 11.7. The summed E-state index contributed by atoms with van der Waals surface area (Å²) in [5, 5.41) is 2.83. The van der Waals surface area contributed by atoms with Crippen LogP contribution in [0.5, 0.6) is 0 Å². The van der Waals surface area contributed by atoms with Crippen molar-refractivity contribution in [2.45, 2.75) is 50.7 Å². The Morgan fingerprint density at radius 2 is 1.39 bits per heavy atom. The number of nitrogens with one attached hydrogen (secondary N) is 1. The van der Waals surface area contributed by atoms with Crippen LogP contribution in [0.15, 0.2) is 83.8 Å². The molecule has 202 valence electrons. The summed E-state index contributed by atoms with van der Waals surface area (Å²) in [7, 11) is -4.24. The molecule has 1 N–H and O–H groups in total. The minimum absolute atomic E-state index is 0.0549. The van der Waals surface area contributed by atoms with Gasteiger partial charge in [0.25, 0.3) is 10.0 Å². The number of nitrogens with zero attached hydrogens (tertiary/aromatic N) is 2. The van der Waals surface area contributed by atoms with Gasteiger partial charge in [-0.2, -0.15) is 0 Å². The third kappa shape index (κ3) is 7.38. The van der Waals surface area contributed by atoms with Gasteiger partial charge in [-0.05, 0) is 81.8 Å². The Kier molecular flexibility index (Phi) is 8.88. The molecule has 0 saturated carbocycles. The minimum atomic E-state index is -4.24. The van der Waals surface area contributed by atoms with Crippen LogP contribution in [0.3, 0.4) is 0 Å². The van der Waals surface area contributed by atoms with Crippen molar-refractivity contribution in [3.05, 3.63) is 96.1 Å². The summed E-state index contributed by atoms with van der Waals surface area (Å²) in [6, 6.07) is 16.8. The van der Waals surface area contributed by atoms with Crippen molar-refractivity contribution in [1.82, 2.24) is 10.2 Å². The first-order valence-corrected chi connectivity index (χ1v) is 13.4. The topological polar surface area (TPSA) is 86.8 Å². The van der Waals surface area contributed by atoms with Crippen LogP contribution in [-0.4, -0.2) is 43.3 Å². The zero-order valence-corrected chi connectivity index (χ0v) is 22.5.